The summed E-state index contributed by atoms with van der Waals surface area (Å²) in [5, 5.41) is 2.99. The molecule has 1 heterocycles. The molecule has 1 amide bonds. The average molecular weight is 370 g/mol. The molecule has 2 aromatic carbocycles. The predicted octanol–water partition coefficient (Wildman–Crippen LogP) is 3.62. The van der Waals surface area contributed by atoms with Crippen LogP contribution in [0.5, 0.6) is 0 Å². The van der Waals surface area contributed by atoms with Crippen molar-refractivity contribution in [3.05, 3.63) is 59.7 Å². The Labute approximate surface area is 160 Å². The zero-order chi connectivity index (χ0) is 18.4. The molecule has 0 aliphatic carbocycles. The van der Waals surface area contributed by atoms with Crippen LogP contribution in [-0.2, 0) is 10.5 Å². The molecule has 0 saturated carbocycles. The van der Waals surface area contributed by atoms with Crippen molar-refractivity contribution >= 4 is 29.0 Å². The van der Waals surface area contributed by atoms with Crippen molar-refractivity contribution < 1.29 is 4.79 Å². The first-order valence-electron chi connectivity index (χ1n) is 9.07. The van der Waals surface area contributed by atoms with Gasteiger partial charge >= 0.3 is 0 Å². The number of nitrogens with one attached hydrogen (secondary N) is 1. The lowest BCUT2D eigenvalue weighted by atomic mass is 10.2. The SMILES string of the molecule is Cc1cccc(CSCC(=O)Nc2ccc(N3CCN(C)CC3)cc2)c1. The second-order valence-electron chi connectivity index (χ2n) is 6.87. The normalized spacial score (nSPS) is 15.1. The smallest absolute Gasteiger partial charge is 0.234 e. The van der Waals surface area contributed by atoms with Crippen molar-refractivity contribution in [2.24, 2.45) is 0 Å². The highest BCUT2D eigenvalue weighted by atomic mass is 32.2. The topological polar surface area (TPSA) is 35.6 Å². The van der Waals surface area contributed by atoms with Crippen LogP contribution in [0, 0.1) is 6.92 Å². The Morgan fingerprint density at radius 2 is 1.81 bits per heavy atom. The third-order valence-electron chi connectivity index (χ3n) is 4.60. The van der Waals surface area contributed by atoms with Crippen molar-refractivity contribution in [1.82, 2.24) is 4.90 Å². The second kappa shape index (κ2) is 9.10. The Morgan fingerprint density at radius 1 is 1.08 bits per heavy atom. The molecule has 0 radical (unpaired) electrons. The fourth-order valence-electron chi connectivity index (χ4n) is 3.08. The molecule has 1 aliphatic rings. The maximum atomic E-state index is 12.1. The molecule has 0 aromatic heterocycles. The van der Waals surface area contributed by atoms with Crippen LogP contribution in [0.3, 0.4) is 0 Å². The van der Waals surface area contributed by atoms with Crippen LogP contribution >= 0.6 is 11.8 Å². The molecule has 4 nitrogen and oxygen atoms in total. The van der Waals surface area contributed by atoms with Crippen molar-refractivity contribution in [2.75, 3.05) is 49.2 Å². The van der Waals surface area contributed by atoms with Gasteiger partial charge < -0.3 is 15.1 Å². The number of carbonyl (C=O) groups is 1. The molecule has 26 heavy (non-hydrogen) atoms. The molecule has 0 spiro atoms. The first-order valence-corrected chi connectivity index (χ1v) is 10.2. The first kappa shape index (κ1) is 18.8. The number of rotatable bonds is 6. The fraction of sp³-hybridized carbons (Fsp3) is 0.381. The molecule has 0 unspecified atom stereocenters. The molecule has 3 rings (SSSR count). The van der Waals surface area contributed by atoms with Gasteiger partial charge in [0.25, 0.3) is 0 Å². The van der Waals surface area contributed by atoms with E-state index in [-0.39, 0.29) is 5.91 Å². The largest absolute Gasteiger partial charge is 0.369 e. The van der Waals surface area contributed by atoms with Gasteiger partial charge in [0.15, 0.2) is 0 Å². The maximum Gasteiger partial charge on any atom is 0.234 e. The summed E-state index contributed by atoms with van der Waals surface area (Å²) >= 11 is 1.64. The summed E-state index contributed by atoms with van der Waals surface area (Å²) in [4.78, 5) is 16.9. The number of hydrogen-bond donors (Lipinski definition) is 1. The van der Waals surface area contributed by atoms with E-state index in [4.69, 9.17) is 0 Å². The van der Waals surface area contributed by atoms with Gasteiger partial charge in [0, 0.05) is 43.3 Å². The van der Waals surface area contributed by atoms with E-state index in [0.29, 0.717) is 5.75 Å². The Balaban J connectivity index is 1.44. The number of amides is 1. The van der Waals surface area contributed by atoms with Crippen LogP contribution in [0.4, 0.5) is 11.4 Å². The first-order chi connectivity index (χ1) is 12.6. The van der Waals surface area contributed by atoms with E-state index in [0.717, 1.165) is 37.6 Å². The van der Waals surface area contributed by atoms with Crippen molar-refractivity contribution in [3.63, 3.8) is 0 Å². The molecule has 0 atom stereocenters. The minimum absolute atomic E-state index is 0.0509. The molecule has 138 valence electrons. The minimum Gasteiger partial charge on any atom is -0.369 e. The van der Waals surface area contributed by atoms with Gasteiger partial charge in [-0.15, -0.1) is 11.8 Å². The van der Waals surface area contributed by atoms with E-state index in [1.165, 1.54) is 16.8 Å². The molecule has 1 saturated heterocycles. The molecule has 0 bridgehead atoms. The Hall–Kier alpha value is -1.98. The molecule has 2 aromatic rings. The lowest BCUT2D eigenvalue weighted by Crippen LogP contribution is -2.44. The number of likely N-dealkylation sites (N-methyl/N-ethyl adjacent to an activating group) is 1. The summed E-state index contributed by atoms with van der Waals surface area (Å²) in [6.07, 6.45) is 0. The molecular formula is C21H27N3OS. The van der Waals surface area contributed by atoms with Crippen molar-refractivity contribution in [2.45, 2.75) is 12.7 Å². The van der Waals surface area contributed by atoms with Gasteiger partial charge in [0.2, 0.25) is 5.91 Å². The minimum atomic E-state index is 0.0509. The highest BCUT2D eigenvalue weighted by Crippen LogP contribution is 2.20. The molecule has 1 aliphatic heterocycles. The number of carbonyl (C=O) groups excluding carboxylic acids is 1. The number of hydrogen-bond acceptors (Lipinski definition) is 4. The maximum absolute atomic E-state index is 12.1. The quantitative estimate of drug-likeness (QED) is 0.844. The van der Waals surface area contributed by atoms with Crippen molar-refractivity contribution in [3.8, 4) is 0 Å². The van der Waals surface area contributed by atoms with Gasteiger partial charge in [-0.3, -0.25) is 4.79 Å². The fourth-order valence-corrected chi connectivity index (χ4v) is 3.86. The Morgan fingerprint density at radius 3 is 2.50 bits per heavy atom. The van der Waals surface area contributed by atoms with E-state index in [1.54, 1.807) is 11.8 Å². The van der Waals surface area contributed by atoms with Crippen LogP contribution in [0.2, 0.25) is 0 Å². The van der Waals surface area contributed by atoms with Crippen LogP contribution < -0.4 is 10.2 Å². The number of anilines is 2. The van der Waals surface area contributed by atoms with Crippen LogP contribution in [0.15, 0.2) is 48.5 Å². The summed E-state index contributed by atoms with van der Waals surface area (Å²) < 4.78 is 0. The van der Waals surface area contributed by atoms with Crippen LogP contribution in [0.25, 0.3) is 0 Å². The van der Waals surface area contributed by atoms with Crippen LogP contribution in [0.1, 0.15) is 11.1 Å². The third kappa shape index (κ3) is 5.51. The highest BCUT2D eigenvalue weighted by Gasteiger charge is 2.14. The predicted molar refractivity (Wildman–Crippen MR) is 112 cm³/mol. The van der Waals surface area contributed by atoms with E-state index in [1.807, 2.05) is 12.1 Å². The van der Waals surface area contributed by atoms with Crippen molar-refractivity contribution in [1.29, 1.82) is 0 Å². The summed E-state index contributed by atoms with van der Waals surface area (Å²) in [7, 11) is 2.16. The zero-order valence-electron chi connectivity index (χ0n) is 15.6. The summed E-state index contributed by atoms with van der Waals surface area (Å²) in [6, 6.07) is 16.6. The monoisotopic (exact) mass is 369 g/mol. The second-order valence-corrected chi connectivity index (χ2v) is 7.85. The van der Waals surface area contributed by atoms with E-state index < -0.39 is 0 Å². The summed E-state index contributed by atoms with van der Waals surface area (Å²) in [5.74, 6) is 1.38. The standard InChI is InChI=1S/C21H27N3OS/c1-17-4-3-5-18(14-17)15-26-16-21(25)22-19-6-8-20(9-7-19)24-12-10-23(2)11-13-24/h3-9,14H,10-13,15-16H2,1-2H3,(H,22,25). The molecule has 1 N–H and O–H groups in total. The van der Waals surface area contributed by atoms with Gasteiger partial charge in [-0.05, 0) is 43.8 Å². The summed E-state index contributed by atoms with van der Waals surface area (Å²) in [6.45, 7) is 6.38. The van der Waals surface area contributed by atoms with Gasteiger partial charge in [-0.1, -0.05) is 29.8 Å². The van der Waals surface area contributed by atoms with Gasteiger partial charge in [0.05, 0.1) is 5.75 Å². The van der Waals surface area contributed by atoms with Gasteiger partial charge in [-0.2, -0.15) is 0 Å². The van der Waals surface area contributed by atoms with E-state index >= 15 is 0 Å². The lowest BCUT2D eigenvalue weighted by Gasteiger charge is -2.34. The number of benzene rings is 2. The number of piperazine rings is 1. The third-order valence-corrected chi connectivity index (χ3v) is 5.61. The lowest BCUT2D eigenvalue weighted by molar-refractivity contribution is -0.113. The number of nitrogens with zero attached hydrogens (tertiary/aromatic N) is 2. The average Bonchev–Trinajstić information content (AvgIpc) is 2.63. The van der Waals surface area contributed by atoms with Gasteiger partial charge in [-0.25, -0.2) is 0 Å². The van der Waals surface area contributed by atoms with E-state index in [9.17, 15) is 4.79 Å². The highest BCUT2D eigenvalue weighted by molar-refractivity contribution is 7.99. The molecular weight excluding hydrogens is 342 g/mol. The Kier molecular flexibility index (Phi) is 6.58. The zero-order valence-corrected chi connectivity index (χ0v) is 16.4. The van der Waals surface area contributed by atoms with E-state index in [2.05, 4.69) is 65.5 Å². The molecule has 5 heteroatoms. The Bertz CT molecular complexity index is 724. The van der Waals surface area contributed by atoms with Gasteiger partial charge in [0.1, 0.15) is 0 Å². The summed E-state index contributed by atoms with van der Waals surface area (Å²) in [5.41, 5.74) is 4.61. The number of aryl methyl sites for hydroxylation is 1. The molecule has 1 fully saturated rings. The number of thioether (sulfide) groups is 1. The van der Waals surface area contributed by atoms with Crippen LogP contribution in [-0.4, -0.2) is 49.8 Å².